The molecule has 0 fully saturated rings. The van der Waals surface area contributed by atoms with Gasteiger partial charge in [0.1, 0.15) is 17.3 Å². The van der Waals surface area contributed by atoms with Crippen LogP contribution in [0.3, 0.4) is 0 Å². The van der Waals surface area contributed by atoms with Crippen molar-refractivity contribution in [3.63, 3.8) is 0 Å². The van der Waals surface area contributed by atoms with Crippen molar-refractivity contribution in [1.82, 2.24) is 14.9 Å². The predicted octanol–water partition coefficient (Wildman–Crippen LogP) is 3.94. The van der Waals surface area contributed by atoms with Crippen molar-refractivity contribution >= 4 is 5.91 Å². The van der Waals surface area contributed by atoms with Crippen LogP contribution in [0.1, 0.15) is 34.7 Å². The highest BCUT2D eigenvalue weighted by atomic mass is 16.5. The third kappa shape index (κ3) is 3.47. The van der Waals surface area contributed by atoms with Crippen LogP contribution in [-0.4, -0.2) is 15.5 Å². The first-order valence-corrected chi connectivity index (χ1v) is 8.94. The van der Waals surface area contributed by atoms with Crippen molar-refractivity contribution in [1.29, 1.82) is 0 Å². The summed E-state index contributed by atoms with van der Waals surface area (Å²) in [6.07, 6.45) is 5.24. The van der Waals surface area contributed by atoms with Gasteiger partial charge in [-0.3, -0.25) is 4.79 Å². The first-order valence-electron chi connectivity index (χ1n) is 8.94. The molecule has 3 aromatic rings. The summed E-state index contributed by atoms with van der Waals surface area (Å²) in [5, 5.41) is 3.00. The molecule has 1 amide bonds. The van der Waals surface area contributed by atoms with Crippen LogP contribution < -0.4 is 10.1 Å². The van der Waals surface area contributed by atoms with E-state index < -0.39 is 0 Å². The second-order valence-electron chi connectivity index (χ2n) is 6.37. The quantitative estimate of drug-likeness (QED) is 0.760. The summed E-state index contributed by atoms with van der Waals surface area (Å²) in [7, 11) is 0. The van der Waals surface area contributed by atoms with Crippen molar-refractivity contribution in [2.45, 2.75) is 32.4 Å². The SMILES string of the molecule is O=C(NCc1cnc2n1CCCC2)c1ccccc1Oc1ccccc1. The Morgan fingerprint density at radius 3 is 2.77 bits per heavy atom. The third-order valence-corrected chi connectivity index (χ3v) is 4.59. The number of amides is 1. The number of hydrogen-bond donors (Lipinski definition) is 1. The van der Waals surface area contributed by atoms with Crippen molar-refractivity contribution in [2.24, 2.45) is 0 Å². The molecule has 4 rings (SSSR count). The minimum atomic E-state index is -0.150. The van der Waals surface area contributed by atoms with E-state index in [0.717, 1.165) is 30.9 Å². The molecular formula is C21H21N3O2. The smallest absolute Gasteiger partial charge is 0.255 e. The summed E-state index contributed by atoms with van der Waals surface area (Å²) < 4.78 is 8.10. The Hall–Kier alpha value is -3.08. The molecule has 26 heavy (non-hydrogen) atoms. The zero-order valence-corrected chi connectivity index (χ0v) is 14.5. The Morgan fingerprint density at radius 2 is 1.88 bits per heavy atom. The van der Waals surface area contributed by atoms with Gasteiger partial charge in [-0.2, -0.15) is 0 Å². The number of ether oxygens (including phenoxy) is 1. The van der Waals surface area contributed by atoms with Gasteiger partial charge < -0.3 is 14.6 Å². The Labute approximate surface area is 152 Å². The van der Waals surface area contributed by atoms with Crippen LogP contribution >= 0.6 is 0 Å². The van der Waals surface area contributed by atoms with E-state index >= 15 is 0 Å². The number of nitrogens with one attached hydrogen (secondary N) is 1. The van der Waals surface area contributed by atoms with Gasteiger partial charge in [0, 0.05) is 13.0 Å². The summed E-state index contributed by atoms with van der Waals surface area (Å²) in [5.74, 6) is 2.22. The molecule has 0 radical (unpaired) electrons. The Morgan fingerprint density at radius 1 is 1.08 bits per heavy atom. The molecule has 0 spiro atoms. The van der Waals surface area contributed by atoms with Gasteiger partial charge in [-0.15, -0.1) is 0 Å². The van der Waals surface area contributed by atoms with Gasteiger partial charge in [-0.05, 0) is 37.1 Å². The topological polar surface area (TPSA) is 56.2 Å². The first kappa shape index (κ1) is 16.4. The molecule has 0 bridgehead atoms. The van der Waals surface area contributed by atoms with Gasteiger partial charge in [0.25, 0.3) is 5.91 Å². The number of hydrogen-bond acceptors (Lipinski definition) is 3. The molecule has 1 aliphatic heterocycles. The van der Waals surface area contributed by atoms with E-state index in [0.29, 0.717) is 23.6 Å². The number of rotatable bonds is 5. The van der Waals surface area contributed by atoms with Crippen molar-refractivity contribution in [2.75, 3.05) is 0 Å². The largest absolute Gasteiger partial charge is 0.457 e. The van der Waals surface area contributed by atoms with Crippen LogP contribution in [0.5, 0.6) is 11.5 Å². The molecule has 5 heteroatoms. The minimum absolute atomic E-state index is 0.150. The van der Waals surface area contributed by atoms with Gasteiger partial charge >= 0.3 is 0 Å². The molecule has 0 saturated heterocycles. The normalized spacial score (nSPS) is 13.1. The maximum Gasteiger partial charge on any atom is 0.255 e. The van der Waals surface area contributed by atoms with Crippen LogP contribution in [0.25, 0.3) is 0 Å². The number of aromatic nitrogens is 2. The number of benzene rings is 2. The molecule has 0 unspecified atom stereocenters. The number of aryl methyl sites for hydroxylation is 1. The number of para-hydroxylation sites is 2. The summed E-state index contributed by atoms with van der Waals surface area (Å²) in [6.45, 7) is 1.44. The lowest BCUT2D eigenvalue weighted by Gasteiger charge is -2.17. The van der Waals surface area contributed by atoms with Gasteiger partial charge in [-0.25, -0.2) is 4.98 Å². The fourth-order valence-electron chi connectivity index (χ4n) is 3.25. The third-order valence-electron chi connectivity index (χ3n) is 4.59. The van der Waals surface area contributed by atoms with E-state index in [9.17, 15) is 4.79 Å². The van der Waals surface area contributed by atoms with Crippen LogP contribution in [-0.2, 0) is 19.5 Å². The summed E-state index contributed by atoms with van der Waals surface area (Å²) in [6, 6.07) is 16.8. The van der Waals surface area contributed by atoms with E-state index in [1.54, 1.807) is 6.07 Å². The monoisotopic (exact) mass is 347 g/mol. The van der Waals surface area contributed by atoms with Crippen LogP contribution in [0.2, 0.25) is 0 Å². The van der Waals surface area contributed by atoms with Gasteiger partial charge in [0.05, 0.1) is 24.0 Å². The lowest BCUT2D eigenvalue weighted by molar-refractivity contribution is 0.0947. The number of carbonyl (C=O) groups is 1. The van der Waals surface area contributed by atoms with Crippen LogP contribution in [0.4, 0.5) is 0 Å². The Kier molecular flexibility index (Phi) is 4.69. The lowest BCUT2D eigenvalue weighted by atomic mass is 10.1. The summed E-state index contributed by atoms with van der Waals surface area (Å²) in [5.41, 5.74) is 1.57. The van der Waals surface area contributed by atoms with Gasteiger partial charge in [0.2, 0.25) is 0 Å². The Bertz CT molecular complexity index is 903. The van der Waals surface area contributed by atoms with Crippen LogP contribution in [0, 0.1) is 0 Å². The predicted molar refractivity (Wildman–Crippen MR) is 99.3 cm³/mol. The molecule has 2 heterocycles. The van der Waals surface area contributed by atoms with Crippen molar-refractivity contribution < 1.29 is 9.53 Å². The van der Waals surface area contributed by atoms with Crippen LogP contribution in [0.15, 0.2) is 60.8 Å². The second-order valence-corrected chi connectivity index (χ2v) is 6.37. The van der Waals surface area contributed by atoms with Crippen molar-refractivity contribution in [3.05, 3.63) is 77.9 Å². The van der Waals surface area contributed by atoms with E-state index in [1.165, 1.54) is 6.42 Å². The molecule has 0 aliphatic carbocycles. The molecular weight excluding hydrogens is 326 g/mol. The fraction of sp³-hybridized carbons (Fsp3) is 0.238. The molecule has 0 atom stereocenters. The summed E-state index contributed by atoms with van der Waals surface area (Å²) in [4.78, 5) is 17.2. The Balaban J connectivity index is 1.47. The standard InChI is InChI=1S/C21H21N3O2/c25-21(23-15-16-14-22-20-12-6-7-13-24(16)20)18-10-4-5-11-19(18)26-17-8-2-1-3-9-17/h1-5,8-11,14H,6-7,12-13,15H2,(H,23,25). The van der Waals surface area contributed by atoms with E-state index in [-0.39, 0.29) is 5.91 Å². The van der Waals surface area contributed by atoms with Gasteiger partial charge in [-0.1, -0.05) is 30.3 Å². The first-order chi connectivity index (χ1) is 12.8. The fourth-order valence-corrected chi connectivity index (χ4v) is 3.25. The van der Waals surface area contributed by atoms with E-state index in [2.05, 4.69) is 14.9 Å². The number of carbonyl (C=O) groups excluding carboxylic acids is 1. The summed E-state index contributed by atoms with van der Waals surface area (Å²) >= 11 is 0. The van der Waals surface area contributed by atoms with E-state index in [1.807, 2.05) is 54.7 Å². The average molecular weight is 347 g/mol. The van der Waals surface area contributed by atoms with Gasteiger partial charge in [0.15, 0.2) is 0 Å². The van der Waals surface area contributed by atoms with E-state index in [4.69, 9.17) is 4.74 Å². The molecule has 132 valence electrons. The highest BCUT2D eigenvalue weighted by Gasteiger charge is 2.16. The highest BCUT2D eigenvalue weighted by Crippen LogP contribution is 2.25. The molecule has 0 saturated carbocycles. The molecule has 1 aromatic heterocycles. The number of imidazole rings is 1. The van der Waals surface area contributed by atoms with Crippen molar-refractivity contribution in [3.8, 4) is 11.5 Å². The maximum absolute atomic E-state index is 12.7. The maximum atomic E-state index is 12.7. The minimum Gasteiger partial charge on any atom is -0.457 e. The lowest BCUT2D eigenvalue weighted by Crippen LogP contribution is -2.25. The molecule has 5 nitrogen and oxygen atoms in total. The number of nitrogens with zero attached hydrogens (tertiary/aromatic N) is 2. The zero-order valence-electron chi connectivity index (χ0n) is 14.5. The highest BCUT2D eigenvalue weighted by molar-refractivity contribution is 5.96. The molecule has 1 N–H and O–H groups in total. The second kappa shape index (κ2) is 7.44. The number of fused-ring (bicyclic) bond motifs is 1. The zero-order chi connectivity index (χ0) is 17.8. The molecule has 1 aliphatic rings. The average Bonchev–Trinajstić information content (AvgIpc) is 3.10. The molecule has 2 aromatic carbocycles.